The first-order chi connectivity index (χ1) is 24.8. The fraction of sp³-hybridized carbons (Fsp3) is 0. The Morgan fingerprint density at radius 1 is 0.420 bits per heavy atom. The van der Waals surface area contributed by atoms with Crippen LogP contribution in [0.5, 0.6) is 0 Å². The van der Waals surface area contributed by atoms with Gasteiger partial charge in [0, 0.05) is 27.5 Å². The van der Waals surface area contributed by atoms with Crippen molar-refractivity contribution in [2.75, 3.05) is 0 Å². The fourth-order valence-corrected chi connectivity index (χ4v) is 6.92. The molecule has 10 aromatic rings. The summed E-state index contributed by atoms with van der Waals surface area (Å²) in [5.74, 6) is 2.23. The molecule has 0 saturated heterocycles. The van der Waals surface area contributed by atoms with E-state index in [1.54, 1.807) is 0 Å². The van der Waals surface area contributed by atoms with E-state index >= 15 is 0 Å². The van der Waals surface area contributed by atoms with Crippen LogP contribution < -0.4 is 0 Å². The normalized spacial score (nSPS) is 11.6. The number of nitrogens with zero attached hydrogens (tertiary/aromatic N) is 5. The van der Waals surface area contributed by atoms with Crippen LogP contribution in [0, 0.1) is 0 Å². The highest BCUT2D eigenvalue weighted by Crippen LogP contribution is 2.41. The maximum atomic E-state index is 6.65. The van der Waals surface area contributed by atoms with E-state index < -0.39 is 0 Å². The molecular formula is C44H27N5O. The molecule has 0 radical (unpaired) electrons. The molecule has 0 fully saturated rings. The van der Waals surface area contributed by atoms with Crippen molar-refractivity contribution in [1.29, 1.82) is 0 Å². The number of benzene rings is 7. The van der Waals surface area contributed by atoms with E-state index in [1.165, 1.54) is 0 Å². The average molecular weight is 642 g/mol. The molecule has 0 aliphatic carbocycles. The monoisotopic (exact) mass is 641 g/mol. The van der Waals surface area contributed by atoms with Gasteiger partial charge in [0.05, 0.1) is 5.52 Å². The van der Waals surface area contributed by atoms with Gasteiger partial charge in [-0.15, -0.1) is 0 Å². The molecule has 0 aliphatic heterocycles. The van der Waals surface area contributed by atoms with Gasteiger partial charge in [-0.25, -0.2) is 9.97 Å². The zero-order valence-corrected chi connectivity index (χ0v) is 26.7. The van der Waals surface area contributed by atoms with E-state index in [-0.39, 0.29) is 0 Å². The lowest BCUT2D eigenvalue weighted by Gasteiger charge is -2.11. The van der Waals surface area contributed by atoms with Crippen molar-refractivity contribution < 1.29 is 4.42 Å². The van der Waals surface area contributed by atoms with Crippen molar-refractivity contribution in [3.05, 3.63) is 164 Å². The van der Waals surface area contributed by atoms with Crippen LogP contribution >= 0.6 is 0 Å². The first-order valence-electron chi connectivity index (χ1n) is 16.6. The minimum atomic E-state index is 0.501. The van der Waals surface area contributed by atoms with Gasteiger partial charge in [-0.1, -0.05) is 133 Å². The maximum absolute atomic E-state index is 6.65. The summed E-state index contributed by atoms with van der Waals surface area (Å²) in [6, 6.07) is 55.8. The first-order valence-corrected chi connectivity index (χ1v) is 16.6. The van der Waals surface area contributed by atoms with E-state index in [2.05, 4.69) is 95.6 Å². The Labute approximate surface area is 287 Å². The Morgan fingerprint density at radius 3 is 1.72 bits per heavy atom. The van der Waals surface area contributed by atoms with Crippen molar-refractivity contribution in [3.8, 4) is 51.3 Å². The van der Waals surface area contributed by atoms with Gasteiger partial charge in [0.15, 0.2) is 17.2 Å². The Bertz CT molecular complexity index is 2840. The largest absolute Gasteiger partial charge is 0.434 e. The summed E-state index contributed by atoms with van der Waals surface area (Å²) in [6.07, 6.45) is 0. The highest BCUT2D eigenvalue weighted by molar-refractivity contribution is 6.24. The lowest BCUT2D eigenvalue weighted by Crippen LogP contribution is -2.06. The van der Waals surface area contributed by atoms with Gasteiger partial charge in [0.2, 0.25) is 11.8 Å². The van der Waals surface area contributed by atoms with Crippen molar-refractivity contribution in [2.45, 2.75) is 0 Å². The van der Waals surface area contributed by atoms with Crippen LogP contribution in [0.15, 0.2) is 168 Å². The quantitative estimate of drug-likeness (QED) is 0.187. The highest BCUT2D eigenvalue weighted by atomic mass is 16.3. The second-order valence-corrected chi connectivity index (χ2v) is 12.3. The molecule has 3 aromatic heterocycles. The zero-order valence-electron chi connectivity index (χ0n) is 26.7. The minimum absolute atomic E-state index is 0.501. The van der Waals surface area contributed by atoms with Crippen molar-refractivity contribution in [2.24, 2.45) is 0 Å². The molecule has 6 heteroatoms. The molecule has 0 amide bonds. The second kappa shape index (κ2) is 11.4. The number of fused-ring (bicyclic) bond motifs is 7. The summed E-state index contributed by atoms with van der Waals surface area (Å²) in [6.45, 7) is 0. The van der Waals surface area contributed by atoms with Crippen LogP contribution in [0.25, 0.3) is 95.0 Å². The highest BCUT2D eigenvalue weighted by Gasteiger charge is 2.23. The molecule has 6 nitrogen and oxygen atoms in total. The lowest BCUT2D eigenvalue weighted by atomic mass is 10.0. The topological polar surface area (TPSA) is 69.6 Å². The van der Waals surface area contributed by atoms with Crippen molar-refractivity contribution in [3.63, 3.8) is 0 Å². The van der Waals surface area contributed by atoms with Crippen LogP contribution in [0.3, 0.4) is 0 Å². The molecule has 3 heterocycles. The van der Waals surface area contributed by atoms with E-state index in [0.717, 1.165) is 65.9 Å². The first kappa shape index (κ1) is 28.1. The molecule has 0 atom stereocenters. The van der Waals surface area contributed by atoms with E-state index in [0.29, 0.717) is 29.1 Å². The van der Waals surface area contributed by atoms with Gasteiger partial charge in [-0.2, -0.15) is 9.97 Å². The summed E-state index contributed by atoms with van der Waals surface area (Å²) in [4.78, 5) is 20.3. The average Bonchev–Trinajstić information content (AvgIpc) is 3.79. The molecule has 0 spiro atoms. The van der Waals surface area contributed by atoms with Gasteiger partial charge < -0.3 is 4.42 Å². The lowest BCUT2D eigenvalue weighted by molar-refractivity contribution is 0.621. The number of hydrogen-bond acceptors (Lipinski definition) is 5. The van der Waals surface area contributed by atoms with Crippen LogP contribution in [0.4, 0.5) is 0 Å². The number of oxazole rings is 1. The molecule has 0 unspecified atom stereocenters. The third-order valence-corrected chi connectivity index (χ3v) is 9.30. The van der Waals surface area contributed by atoms with Gasteiger partial charge >= 0.3 is 0 Å². The molecule has 7 aromatic carbocycles. The van der Waals surface area contributed by atoms with E-state index in [9.17, 15) is 0 Å². The van der Waals surface area contributed by atoms with Crippen LogP contribution in [-0.2, 0) is 0 Å². The predicted molar refractivity (Wildman–Crippen MR) is 201 cm³/mol. The number of aromatic nitrogens is 5. The molecular weight excluding hydrogens is 615 g/mol. The van der Waals surface area contributed by atoms with Gasteiger partial charge in [-0.3, -0.25) is 4.57 Å². The van der Waals surface area contributed by atoms with Gasteiger partial charge in [0.1, 0.15) is 11.0 Å². The number of hydrogen-bond donors (Lipinski definition) is 0. The van der Waals surface area contributed by atoms with Crippen molar-refractivity contribution in [1.82, 2.24) is 24.5 Å². The molecule has 0 N–H and O–H groups in total. The molecule has 0 aliphatic rings. The Kier molecular flexibility index (Phi) is 6.39. The Hall–Kier alpha value is -6.92. The van der Waals surface area contributed by atoms with Crippen LogP contribution in [-0.4, -0.2) is 24.5 Å². The van der Waals surface area contributed by atoms with E-state index in [1.807, 2.05) is 72.8 Å². The smallest absolute Gasteiger partial charge is 0.238 e. The summed E-state index contributed by atoms with van der Waals surface area (Å²) in [5.41, 5.74) is 8.27. The molecule has 234 valence electrons. The molecule has 0 saturated carbocycles. The Morgan fingerprint density at radius 2 is 1.00 bits per heavy atom. The maximum Gasteiger partial charge on any atom is 0.238 e. The summed E-state index contributed by atoms with van der Waals surface area (Å²) in [5, 5.41) is 4.44. The minimum Gasteiger partial charge on any atom is -0.434 e. The Balaban J connectivity index is 1.27. The summed E-state index contributed by atoms with van der Waals surface area (Å²) >= 11 is 0. The summed E-state index contributed by atoms with van der Waals surface area (Å²) in [7, 11) is 0. The molecule has 0 bridgehead atoms. The predicted octanol–water partition coefficient (Wildman–Crippen LogP) is 10.9. The SMILES string of the molecule is c1ccc(-c2ccc(-c3nc(-c4ccccc4)nc(-n4c5ccc6ccccc6c5c5ccc6nc(-c7ccccc7)oc6c54)n3)cc2)cc1. The number of rotatable bonds is 5. The zero-order chi connectivity index (χ0) is 33.0. The standard InChI is InChI=1S/C44H27N5O/c1-4-12-28(13-5-1)29-20-22-32(23-21-29)42-46-41(31-15-6-2-7-16-31)47-44(48-42)49-37-27-24-30-14-10-11-19-34(30)38(37)35-25-26-36-40(39(35)49)50-43(45-36)33-17-8-3-9-18-33/h1-27H. The van der Waals surface area contributed by atoms with E-state index in [4.69, 9.17) is 24.4 Å². The third-order valence-electron chi connectivity index (χ3n) is 9.30. The fourth-order valence-electron chi connectivity index (χ4n) is 6.92. The summed E-state index contributed by atoms with van der Waals surface area (Å²) < 4.78 is 8.77. The third kappa shape index (κ3) is 4.58. The molecule has 50 heavy (non-hydrogen) atoms. The van der Waals surface area contributed by atoms with Crippen molar-refractivity contribution >= 4 is 43.7 Å². The van der Waals surface area contributed by atoms with Gasteiger partial charge in [-0.05, 0) is 52.2 Å². The van der Waals surface area contributed by atoms with Gasteiger partial charge in [0.25, 0.3) is 0 Å². The van der Waals surface area contributed by atoms with Crippen LogP contribution in [0.2, 0.25) is 0 Å². The van der Waals surface area contributed by atoms with Crippen LogP contribution in [0.1, 0.15) is 0 Å². The second-order valence-electron chi connectivity index (χ2n) is 12.3. The molecule has 10 rings (SSSR count).